The average Bonchev–Trinajstić information content (AvgIpc) is 2.89. The Morgan fingerprint density at radius 1 is 0.737 bits per heavy atom. The van der Waals surface area contributed by atoms with Crippen molar-refractivity contribution in [2.75, 3.05) is 4.31 Å². The van der Waals surface area contributed by atoms with Gasteiger partial charge in [-0.3, -0.25) is 4.79 Å². The summed E-state index contributed by atoms with van der Waals surface area (Å²) in [6.07, 6.45) is 0. The first kappa shape index (κ1) is 25.2. The number of hydrogen-bond acceptors (Lipinski definition) is 5. The summed E-state index contributed by atoms with van der Waals surface area (Å²) >= 11 is 0. The molecule has 1 heterocycles. The minimum absolute atomic E-state index is 0.0103. The second-order valence-corrected chi connectivity index (χ2v) is 11.0. The molecule has 0 saturated carbocycles. The number of nitrogens with zero attached hydrogens (tertiary/aromatic N) is 1. The molecule has 1 amide bonds. The third-order valence-corrected chi connectivity index (χ3v) is 8.15. The van der Waals surface area contributed by atoms with E-state index in [9.17, 15) is 18.0 Å². The van der Waals surface area contributed by atoms with Crippen LogP contribution in [0.1, 0.15) is 27.0 Å². The third-order valence-electron chi connectivity index (χ3n) is 6.43. The molecule has 0 fully saturated rings. The summed E-state index contributed by atoms with van der Waals surface area (Å²) in [5.41, 5.74) is 3.95. The molecule has 0 saturated heterocycles. The van der Waals surface area contributed by atoms with E-state index in [1.54, 1.807) is 48.5 Å². The van der Waals surface area contributed by atoms with Crippen molar-refractivity contribution in [2.45, 2.75) is 25.7 Å². The molecule has 1 aromatic heterocycles. The van der Waals surface area contributed by atoms with Gasteiger partial charge in [-0.1, -0.05) is 59.7 Å². The van der Waals surface area contributed by atoms with E-state index < -0.39 is 21.6 Å². The van der Waals surface area contributed by atoms with Crippen LogP contribution in [0, 0.1) is 20.8 Å². The van der Waals surface area contributed by atoms with Gasteiger partial charge in [0.1, 0.15) is 5.58 Å². The number of carbonyl (C=O) groups excluding carboxylic acids is 1. The van der Waals surface area contributed by atoms with Gasteiger partial charge in [0.15, 0.2) is 0 Å². The Bertz CT molecular complexity index is 1840. The van der Waals surface area contributed by atoms with Crippen molar-refractivity contribution in [1.29, 1.82) is 0 Å². The van der Waals surface area contributed by atoms with Gasteiger partial charge < -0.3 is 4.42 Å². The summed E-state index contributed by atoms with van der Waals surface area (Å²) < 4.78 is 34.1. The first-order valence-corrected chi connectivity index (χ1v) is 13.5. The van der Waals surface area contributed by atoms with E-state index in [2.05, 4.69) is 0 Å². The maximum atomic E-state index is 13.9. The molecular formula is C31H25NO5S. The van der Waals surface area contributed by atoms with Crippen LogP contribution in [0.25, 0.3) is 22.1 Å². The van der Waals surface area contributed by atoms with Crippen molar-refractivity contribution in [1.82, 2.24) is 0 Å². The fourth-order valence-corrected chi connectivity index (χ4v) is 5.70. The van der Waals surface area contributed by atoms with E-state index in [0.29, 0.717) is 16.5 Å². The van der Waals surface area contributed by atoms with E-state index in [-0.39, 0.29) is 21.7 Å². The van der Waals surface area contributed by atoms with Crippen molar-refractivity contribution in [3.8, 4) is 11.1 Å². The number of fused-ring (bicyclic) bond motifs is 1. The van der Waals surface area contributed by atoms with Gasteiger partial charge in [0, 0.05) is 10.9 Å². The SMILES string of the molecule is Cc1ccc(C(=O)N(c2ccc3oc(=O)c(-c4ccccc4C)cc3c2)S(=O)(=O)c2ccc(C)cc2)cc1. The highest BCUT2D eigenvalue weighted by Crippen LogP contribution is 2.31. The molecule has 38 heavy (non-hydrogen) atoms. The standard InChI is InChI=1S/C31H25NO5S/c1-20-8-12-23(13-9-20)30(33)32(38(35,36)26-15-10-21(2)11-16-26)25-14-17-29-24(18-25)19-28(31(34)37-29)27-7-5-4-6-22(27)3/h4-19H,1-3H3. The summed E-state index contributed by atoms with van der Waals surface area (Å²) in [4.78, 5) is 26.5. The van der Waals surface area contributed by atoms with Gasteiger partial charge in [0.05, 0.1) is 16.1 Å². The Kier molecular flexibility index (Phi) is 6.46. The van der Waals surface area contributed by atoms with Crippen LogP contribution in [0.5, 0.6) is 0 Å². The van der Waals surface area contributed by atoms with E-state index in [0.717, 1.165) is 21.0 Å². The second kappa shape index (κ2) is 9.76. The smallest absolute Gasteiger partial charge is 0.344 e. The topological polar surface area (TPSA) is 84.7 Å². The molecular weight excluding hydrogens is 498 g/mol. The van der Waals surface area contributed by atoms with Gasteiger partial charge in [-0.25, -0.2) is 13.2 Å². The number of amides is 1. The van der Waals surface area contributed by atoms with Crippen molar-refractivity contribution in [3.05, 3.63) is 130 Å². The molecule has 0 aliphatic rings. The molecule has 0 aliphatic carbocycles. The van der Waals surface area contributed by atoms with Gasteiger partial charge in [-0.2, -0.15) is 4.31 Å². The van der Waals surface area contributed by atoms with Crippen molar-refractivity contribution < 1.29 is 17.6 Å². The molecule has 0 aliphatic heterocycles. The lowest BCUT2D eigenvalue weighted by atomic mass is 10.0. The van der Waals surface area contributed by atoms with E-state index >= 15 is 0 Å². The maximum Gasteiger partial charge on any atom is 0.344 e. The summed E-state index contributed by atoms with van der Waals surface area (Å²) in [6, 6.07) is 26.7. The zero-order valence-corrected chi connectivity index (χ0v) is 22.0. The number of carbonyl (C=O) groups is 1. The van der Waals surface area contributed by atoms with Gasteiger partial charge in [0.2, 0.25) is 0 Å². The molecule has 5 rings (SSSR count). The highest BCUT2D eigenvalue weighted by molar-refractivity contribution is 7.93. The van der Waals surface area contributed by atoms with E-state index in [1.165, 1.54) is 24.3 Å². The van der Waals surface area contributed by atoms with Crippen LogP contribution in [0.2, 0.25) is 0 Å². The van der Waals surface area contributed by atoms with Crippen LogP contribution < -0.4 is 9.93 Å². The number of aryl methyl sites for hydroxylation is 3. The summed E-state index contributed by atoms with van der Waals surface area (Å²) in [5, 5.41) is 0.487. The minimum atomic E-state index is -4.28. The lowest BCUT2D eigenvalue weighted by molar-refractivity contribution is 0.101. The second-order valence-electron chi connectivity index (χ2n) is 9.24. The Morgan fingerprint density at radius 2 is 1.37 bits per heavy atom. The first-order chi connectivity index (χ1) is 18.1. The molecule has 0 unspecified atom stereocenters. The Balaban J connectivity index is 1.71. The van der Waals surface area contributed by atoms with Crippen molar-refractivity contribution in [3.63, 3.8) is 0 Å². The third kappa shape index (κ3) is 4.64. The number of rotatable bonds is 5. The fourth-order valence-electron chi connectivity index (χ4n) is 4.29. The lowest BCUT2D eigenvalue weighted by Gasteiger charge is -2.23. The molecule has 7 heteroatoms. The predicted molar refractivity (Wildman–Crippen MR) is 149 cm³/mol. The molecule has 0 spiro atoms. The van der Waals surface area contributed by atoms with Crippen molar-refractivity contribution >= 4 is 32.6 Å². The quantitative estimate of drug-likeness (QED) is 0.248. The lowest BCUT2D eigenvalue weighted by Crippen LogP contribution is -2.37. The maximum absolute atomic E-state index is 13.9. The minimum Gasteiger partial charge on any atom is -0.422 e. The average molecular weight is 524 g/mol. The normalized spacial score (nSPS) is 11.4. The van der Waals surface area contributed by atoms with Gasteiger partial charge in [0.25, 0.3) is 15.9 Å². The zero-order valence-electron chi connectivity index (χ0n) is 21.1. The fraction of sp³-hybridized carbons (Fsp3) is 0.0968. The van der Waals surface area contributed by atoms with Crippen molar-refractivity contribution in [2.24, 2.45) is 0 Å². The van der Waals surface area contributed by atoms with Gasteiger partial charge in [-0.05, 0) is 80.4 Å². The van der Waals surface area contributed by atoms with Crippen LogP contribution in [-0.2, 0) is 10.0 Å². The summed E-state index contributed by atoms with van der Waals surface area (Å²) in [6.45, 7) is 5.64. The van der Waals surface area contributed by atoms with Crippen LogP contribution in [0.15, 0.2) is 111 Å². The molecule has 6 nitrogen and oxygen atoms in total. The van der Waals surface area contributed by atoms with Gasteiger partial charge >= 0.3 is 5.63 Å². The highest BCUT2D eigenvalue weighted by atomic mass is 32.2. The van der Waals surface area contributed by atoms with Crippen LogP contribution in [-0.4, -0.2) is 14.3 Å². The Labute approximate surface area is 220 Å². The van der Waals surface area contributed by atoms with Gasteiger partial charge in [-0.15, -0.1) is 0 Å². The largest absolute Gasteiger partial charge is 0.422 e. The summed E-state index contributed by atoms with van der Waals surface area (Å²) in [7, 11) is -4.28. The molecule has 0 atom stereocenters. The summed E-state index contributed by atoms with van der Waals surface area (Å²) in [5.74, 6) is -0.693. The molecule has 4 aromatic carbocycles. The molecule has 5 aromatic rings. The number of anilines is 1. The molecule has 0 N–H and O–H groups in total. The predicted octanol–water partition coefficient (Wildman–Crippen LogP) is 6.42. The zero-order chi connectivity index (χ0) is 27.0. The highest BCUT2D eigenvalue weighted by Gasteiger charge is 2.32. The van der Waals surface area contributed by atoms with Crippen LogP contribution in [0.3, 0.4) is 0 Å². The first-order valence-electron chi connectivity index (χ1n) is 12.0. The Morgan fingerprint density at radius 3 is 2.03 bits per heavy atom. The number of hydrogen-bond donors (Lipinski definition) is 0. The molecule has 0 bridgehead atoms. The van der Waals surface area contributed by atoms with E-state index in [4.69, 9.17) is 4.42 Å². The number of benzene rings is 4. The van der Waals surface area contributed by atoms with Crippen LogP contribution in [0.4, 0.5) is 5.69 Å². The molecule has 190 valence electrons. The van der Waals surface area contributed by atoms with Crippen LogP contribution >= 0.6 is 0 Å². The Hall–Kier alpha value is -4.49. The van der Waals surface area contributed by atoms with E-state index in [1.807, 2.05) is 45.0 Å². The number of sulfonamides is 1. The monoisotopic (exact) mass is 523 g/mol. The molecule has 0 radical (unpaired) electrons.